The molecule has 3 nitrogen and oxygen atoms in total. The van der Waals surface area contributed by atoms with Gasteiger partial charge in [0.05, 0.1) is 0 Å². The highest BCUT2D eigenvalue weighted by atomic mass is 19.2. The molecule has 126 valence electrons. The van der Waals surface area contributed by atoms with E-state index < -0.39 is 17.6 Å². The molecule has 1 aromatic heterocycles. The molecule has 3 rings (SSSR count). The average Bonchev–Trinajstić information content (AvgIpc) is 2.75. The second-order valence-electron chi connectivity index (χ2n) is 6.30. The quantitative estimate of drug-likeness (QED) is 0.843. The number of aromatic nitrogens is 1. The van der Waals surface area contributed by atoms with E-state index in [1.54, 1.807) is 12.3 Å². The van der Waals surface area contributed by atoms with Crippen molar-refractivity contribution in [1.29, 1.82) is 0 Å². The number of carboxylic acid groups (broad SMARTS) is 1. The largest absolute Gasteiger partial charge is 0.481 e. The van der Waals surface area contributed by atoms with Gasteiger partial charge in [-0.2, -0.15) is 0 Å². The average molecular weight is 331 g/mol. The molecule has 0 amide bonds. The first-order chi connectivity index (χ1) is 11.6. The third-order valence-corrected chi connectivity index (χ3v) is 4.77. The molecule has 2 atom stereocenters. The van der Waals surface area contributed by atoms with Crippen molar-refractivity contribution in [2.75, 3.05) is 0 Å². The molecular weight excluding hydrogens is 312 g/mol. The first-order valence-electron chi connectivity index (χ1n) is 8.15. The third kappa shape index (κ3) is 3.45. The van der Waals surface area contributed by atoms with Crippen LogP contribution in [0.5, 0.6) is 0 Å². The maximum absolute atomic E-state index is 14.2. The van der Waals surface area contributed by atoms with Crippen molar-refractivity contribution in [3.8, 4) is 0 Å². The van der Waals surface area contributed by atoms with E-state index in [0.29, 0.717) is 24.8 Å². The Labute approximate surface area is 139 Å². The zero-order valence-corrected chi connectivity index (χ0v) is 13.2. The lowest BCUT2D eigenvalue weighted by atomic mass is 9.89. The predicted molar refractivity (Wildman–Crippen MR) is 85.9 cm³/mol. The predicted octanol–water partition coefficient (Wildman–Crippen LogP) is 4.43. The molecule has 2 aromatic rings. The summed E-state index contributed by atoms with van der Waals surface area (Å²) in [6.45, 7) is 0. The number of benzene rings is 1. The maximum atomic E-state index is 14.2. The first kappa shape index (κ1) is 16.6. The van der Waals surface area contributed by atoms with Gasteiger partial charge in [0.2, 0.25) is 0 Å². The number of hydrogen-bond acceptors (Lipinski definition) is 2. The number of aliphatic carboxylic acids is 1. The highest BCUT2D eigenvalue weighted by Gasteiger charge is 2.28. The van der Waals surface area contributed by atoms with Gasteiger partial charge in [-0.1, -0.05) is 18.2 Å². The molecule has 0 bridgehead atoms. The van der Waals surface area contributed by atoms with Crippen LogP contribution in [-0.2, 0) is 11.2 Å². The summed E-state index contributed by atoms with van der Waals surface area (Å²) in [6.07, 6.45) is 4.29. The van der Waals surface area contributed by atoms with Crippen molar-refractivity contribution < 1.29 is 18.7 Å². The minimum atomic E-state index is -0.829. The summed E-state index contributed by atoms with van der Waals surface area (Å²) >= 11 is 0. The summed E-state index contributed by atoms with van der Waals surface area (Å²) in [5, 5.41) is 8.95. The molecule has 0 saturated carbocycles. The van der Waals surface area contributed by atoms with Crippen LogP contribution in [0.25, 0.3) is 0 Å². The number of halogens is 2. The van der Waals surface area contributed by atoms with Gasteiger partial charge in [-0.25, -0.2) is 8.78 Å². The number of carboxylic acids is 1. The normalized spacial score (nSPS) is 20.2. The number of hydrogen-bond donors (Lipinski definition) is 1. The van der Waals surface area contributed by atoms with Gasteiger partial charge in [0.15, 0.2) is 11.6 Å². The molecule has 5 heteroatoms. The molecule has 0 radical (unpaired) electrons. The monoisotopic (exact) mass is 331 g/mol. The number of pyridine rings is 1. The zero-order chi connectivity index (χ0) is 17.1. The summed E-state index contributed by atoms with van der Waals surface area (Å²) in [7, 11) is 0. The minimum Gasteiger partial charge on any atom is -0.481 e. The van der Waals surface area contributed by atoms with Gasteiger partial charge in [-0.15, -0.1) is 0 Å². The van der Waals surface area contributed by atoms with Gasteiger partial charge in [-0.3, -0.25) is 9.78 Å². The summed E-state index contributed by atoms with van der Waals surface area (Å²) < 4.78 is 27.7. The Hall–Kier alpha value is -2.30. The van der Waals surface area contributed by atoms with E-state index in [1.165, 1.54) is 6.07 Å². The maximum Gasteiger partial charge on any atom is 0.303 e. The van der Waals surface area contributed by atoms with Gasteiger partial charge in [-0.05, 0) is 54.9 Å². The van der Waals surface area contributed by atoms with E-state index in [2.05, 4.69) is 4.98 Å². The Morgan fingerprint density at radius 3 is 2.83 bits per heavy atom. The van der Waals surface area contributed by atoms with Crippen molar-refractivity contribution in [3.63, 3.8) is 0 Å². The van der Waals surface area contributed by atoms with E-state index in [-0.39, 0.29) is 18.3 Å². The highest BCUT2D eigenvalue weighted by Crippen LogP contribution is 2.39. The molecule has 0 fully saturated rings. The molecule has 24 heavy (non-hydrogen) atoms. The van der Waals surface area contributed by atoms with Gasteiger partial charge in [0.1, 0.15) is 0 Å². The second-order valence-corrected chi connectivity index (χ2v) is 6.30. The summed E-state index contributed by atoms with van der Waals surface area (Å²) in [4.78, 5) is 15.3. The molecule has 0 unspecified atom stereocenters. The number of rotatable bonds is 4. The van der Waals surface area contributed by atoms with Crippen LogP contribution in [0, 0.1) is 11.6 Å². The Bertz CT molecular complexity index is 748. The van der Waals surface area contributed by atoms with E-state index >= 15 is 0 Å². The topological polar surface area (TPSA) is 50.2 Å². The van der Waals surface area contributed by atoms with Crippen molar-refractivity contribution in [2.45, 2.75) is 43.9 Å². The van der Waals surface area contributed by atoms with Crippen LogP contribution in [0.15, 0.2) is 36.5 Å². The van der Waals surface area contributed by atoms with E-state index in [4.69, 9.17) is 5.11 Å². The van der Waals surface area contributed by atoms with Crippen LogP contribution in [-0.4, -0.2) is 16.1 Å². The molecule has 1 aliphatic rings. The molecule has 1 heterocycles. The lowest BCUT2D eigenvalue weighted by Gasteiger charge is -2.16. The summed E-state index contributed by atoms with van der Waals surface area (Å²) in [5.74, 6) is -2.52. The van der Waals surface area contributed by atoms with E-state index in [1.807, 2.05) is 12.1 Å². The zero-order valence-electron chi connectivity index (χ0n) is 13.2. The fraction of sp³-hybridized carbons (Fsp3) is 0.368. The number of fused-ring (bicyclic) bond motifs is 1. The van der Waals surface area contributed by atoms with Gasteiger partial charge >= 0.3 is 5.97 Å². The van der Waals surface area contributed by atoms with Crippen LogP contribution < -0.4 is 0 Å². The fourth-order valence-electron chi connectivity index (χ4n) is 3.58. The summed E-state index contributed by atoms with van der Waals surface area (Å²) in [5.41, 5.74) is 2.29. The smallest absolute Gasteiger partial charge is 0.303 e. The molecule has 0 aliphatic heterocycles. The molecule has 1 aromatic carbocycles. The van der Waals surface area contributed by atoms with Crippen molar-refractivity contribution in [1.82, 2.24) is 4.98 Å². The Morgan fingerprint density at radius 1 is 1.21 bits per heavy atom. The lowest BCUT2D eigenvalue weighted by Crippen LogP contribution is -2.06. The SMILES string of the molecule is O=C(O)CC[C@@H]1CC[C@H](c2cccc(F)c2F)Cc2cccnc21. The molecule has 1 N–H and O–H groups in total. The Kier molecular flexibility index (Phi) is 4.88. The van der Waals surface area contributed by atoms with E-state index in [0.717, 1.165) is 23.7 Å². The van der Waals surface area contributed by atoms with Crippen LogP contribution in [0.3, 0.4) is 0 Å². The van der Waals surface area contributed by atoms with Crippen LogP contribution in [0.2, 0.25) is 0 Å². The van der Waals surface area contributed by atoms with Crippen LogP contribution >= 0.6 is 0 Å². The second kappa shape index (κ2) is 7.07. The van der Waals surface area contributed by atoms with Crippen molar-refractivity contribution in [2.24, 2.45) is 0 Å². The Balaban J connectivity index is 1.91. The molecular formula is C19H19F2NO2. The van der Waals surface area contributed by atoms with Crippen LogP contribution in [0.4, 0.5) is 8.78 Å². The fourth-order valence-corrected chi connectivity index (χ4v) is 3.58. The number of carbonyl (C=O) groups is 1. The van der Waals surface area contributed by atoms with Crippen LogP contribution in [0.1, 0.15) is 54.3 Å². The molecule has 0 saturated heterocycles. The van der Waals surface area contributed by atoms with E-state index in [9.17, 15) is 13.6 Å². The first-order valence-corrected chi connectivity index (χ1v) is 8.15. The summed E-state index contributed by atoms with van der Waals surface area (Å²) in [6, 6.07) is 8.07. The van der Waals surface area contributed by atoms with Gasteiger partial charge in [0, 0.05) is 24.2 Å². The lowest BCUT2D eigenvalue weighted by molar-refractivity contribution is -0.137. The van der Waals surface area contributed by atoms with Crippen molar-refractivity contribution >= 4 is 5.97 Å². The minimum absolute atomic E-state index is 0.0407. The number of nitrogens with zero attached hydrogens (tertiary/aromatic N) is 1. The van der Waals surface area contributed by atoms with Gasteiger partial charge < -0.3 is 5.11 Å². The standard InChI is InChI=1S/C19H19F2NO2/c20-16-5-1-4-15(18(16)21)13-7-6-12(8-9-17(23)24)19-14(11-13)3-2-10-22-19/h1-5,10,12-13H,6-9,11H2,(H,23,24)/t12-,13-/m0/s1. The third-order valence-electron chi connectivity index (χ3n) is 4.77. The molecule has 0 spiro atoms. The van der Waals surface area contributed by atoms with Gasteiger partial charge in [0.25, 0.3) is 0 Å². The van der Waals surface area contributed by atoms with Crippen molar-refractivity contribution in [3.05, 3.63) is 65.0 Å². The Morgan fingerprint density at radius 2 is 2.04 bits per heavy atom. The highest BCUT2D eigenvalue weighted by molar-refractivity contribution is 5.66. The molecule has 1 aliphatic carbocycles.